The number of nitriles is 1. The second-order valence-electron chi connectivity index (χ2n) is 3.85. The molecule has 1 N–H and O–H groups in total. The van der Waals surface area contributed by atoms with Gasteiger partial charge in [-0.15, -0.1) is 0 Å². The van der Waals surface area contributed by atoms with Crippen molar-refractivity contribution in [2.45, 2.75) is 6.92 Å². The Kier molecular flexibility index (Phi) is 3.44. The third-order valence-electron chi connectivity index (χ3n) is 2.56. The molecule has 0 aliphatic carbocycles. The Balaban J connectivity index is 2.18. The van der Waals surface area contributed by atoms with E-state index in [4.69, 9.17) is 10.00 Å². The molecule has 4 nitrogen and oxygen atoms in total. The summed E-state index contributed by atoms with van der Waals surface area (Å²) >= 11 is 0. The number of ether oxygens (including phenoxy) is 1. The van der Waals surface area contributed by atoms with Gasteiger partial charge in [-0.05, 0) is 42.8 Å². The lowest BCUT2D eigenvalue weighted by molar-refractivity contribution is 0.412. The smallest absolute Gasteiger partial charge is 0.130 e. The lowest BCUT2D eigenvalue weighted by atomic mass is 10.2. The van der Waals surface area contributed by atoms with Gasteiger partial charge in [-0.25, -0.2) is 4.98 Å². The van der Waals surface area contributed by atoms with E-state index in [0.29, 0.717) is 11.4 Å². The first-order valence-corrected chi connectivity index (χ1v) is 5.51. The third-order valence-corrected chi connectivity index (χ3v) is 2.56. The molecule has 4 heteroatoms. The maximum Gasteiger partial charge on any atom is 0.130 e. The van der Waals surface area contributed by atoms with Crippen LogP contribution in [-0.4, -0.2) is 12.1 Å². The molecular formula is C14H13N3O. The van der Waals surface area contributed by atoms with E-state index < -0.39 is 0 Å². The Bertz CT molecular complexity index is 585. The molecule has 0 aliphatic rings. The third kappa shape index (κ3) is 2.58. The summed E-state index contributed by atoms with van der Waals surface area (Å²) in [5.41, 5.74) is 2.54. The van der Waals surface area contributed by atoms with Crippen molar-refractivity contribution in [3.63, 3.8) is 0 Å². The van der Waals surface area contributed by atoms with E-state index in [-0.39, 0.29) is 0 Å². The molecule has 0 saturated carbocycles. The summed E-state index contributed by atoms with van der Waals surface area (Å²) in [5, 5.41) is 11.9. The van der Waals surface area contributed by atoms with Crippen LogP contribution >= 0.6 is 0 Å². The SMILES string of the molecule is COc1ccc(Nc2ccc(C#N)cn2)cc1C. The van der Waals surface area contributed by atoms with Crippen LogP contribution < -0.4 is 10.1 Å². The number of pyridine rings is 1. The van der Waals surface area contributed by atoms with E-state index in [0.717, 1.165) is 17.0 Å². The largest absolute Gasteiger partial charge is 0.496 e. The van der Waals surface area contributed by atoms with Crippen molar-refractivity contribution in [1.29, 1.82) is 5.26 Å². The zero-order valence-corrected chi connectivity index (χ0v) is 10.3. The van der Waals surface area contributed by atoms with E-state index >= 15 is 0 Å². The first-order chi connectivity index (χ1) is 8.72. The van der Waals surface area contributed by atoms with Crippen molar-refractivity contribution in [3.8, 4) is 11.8 Å². The Morgan fingerprint density at radius 1 is 1.28 bits per heavy atom. The topological polar surface area (TPSA) is 57.9 Å². The van der Waals surface area contributed by atoms with Crippen LogP contribution in [0.1, 0.15) is 11.1 Å². The molecule has 1 heterocycles. The predicted octanol–water partition coefficient (Wildman–Crippen LogP) is 3.01. The Labute approximate surface area is 106 Å². The van der Waals surface area contributed by atoms with Gasteiger partial charge in [-0.3, -0.25) is 0 Å². The second-order valence-corrected chi connectivity index (χ2v) is 3.85. The highest BCUT2D eigenvalue weighted by Gasteiger charge is 2.01. The fourth-order valence-electron chi connectivity index (χ4n) is 1.64. The fourth-order valence-corrected chi connectivity index (χ4v) is 1.64. The van der Waals surface area contributed by atoms with Crippen molar-refractivity contribution in [2.75, 3.05) is 12.4 Å². The minimum Gasteiger partial charge on any atom is -0.496 e. The van der Waals surface area contributed by atoms with Crippen LogP contribution in [0, 0.1) is 18.3 Å². The molecule has 0 radical (unpaired) electrons. The number of anilines is 2. The predicted molar refractivity (Wildman–Crippen MR) is 70.0 cm³/mol. The van der Waals surface area contributed by atoms with Gasteiger partial charge in [-0.2, -0.15) is 5.26 Å². The zero-order valence-electron chi connectivity index (χ0n) is 10.3. The van der Waals surface area contributed by atoms with Gasteiger partial charge in [0.2, 0.25) is 0 Å². The van der Waals surface area contributed by atoms with Crippen LogP contribution in [0.25, 0.3) is 0 Å². The van der Waals surface area contributed by atoms with Gasteiger partial charge in [0.15, 0.2) is 0 Å². The van der Waals surface area contributed by atoms with Crippen molar-refractivity contribution in [3.05, 3.63) is 47.7 Å². The number of hydrogen-bond donors (Lipinski definition) is 1. The molecule has 1 aromatic heterocycles. The summed E-state index contributed by atoms with van der Waals surface area (Å²) in [6, 6.07) is 11.4. The number of aryl methyl sites for hydroxylation is 1. The van der Waals surface area contributed by atoms with E-state index in [9.17, 15) is 0 Å². The van der Waals surface area contributed by atoms with Gasteiger partial charge in [0.05, 0.1) is 12.7 Å². The van der Waals surface area contributed by atoms with Crippen LogP contribution in [0.4, 0.5) is 11.5 Å². The summed E-state index contributed by atoms with van der Waals surface area (Å²) in [6.45, 7) is 1.98. The van der Waals surface area contributed by atoms with Crippen molar-refractivity contribution in [1.82, 2.24) is 4.98 Å². The van der Waals surface area contributed by atoms with Crippen LogP contribution in [0.5, 0.6) is 5.75 Å². The van der Waals surface area contributed by atoms with Gasteiger partial charge >= 0.3 is 0 Å². The summed E-state index contributed by atoms with van der Waals surface area (Å²) in [6.07, 6.45) is 1.54. The maximum absolute atomic E-state index is 8.69. The van der Waals surface area contributed by atoms with Crippen LogP contribution in [-0.2, 0) is 0 Å². The number of benzene rings is 1. The van der Waals surface area contributed by atoms with E-state index in [1.165, 1.54) is 0 Å². The molecule has 0 unspecified atom stereocenters. The van der Waals surface area contributed by atoms with Gasteiger partial charge in [0.1, 0.15) is 17.6 Å². The molecule has 0 fully saturated rings. The average Bonchev–Trinajstić information content (AvgIpc) is 2.40. The monoisotopic (exact) mass is 239 g/mol. The summed E-state index contributed by atoms with van der Waals surface area (Å²) in [4.78, 5) is 4.15. The number of nitrogens with zero attached hydrogens (tertiary/aromatic N) is 2. The highest BCUT2D eigenvalue weighted by Crippen LogP contribution is 2.23. The van der Waals surface area contributed by atoms with Gasteiger partial charge in [0.25, 0.3) is 0 Å². The minimum absolute atomic E-state index is 0.548. The average molecular weight is 239 g/mol. The van der Waals surface area contributed by atoms with E-state index in [2.05, 4.69) is 10.3 Å². The number of aromatic nitrogens is 1. The second kappa shape index (κ2) is 5.19. The molecule has 0 saturated heterocycles. The summed E-state index contributed by atoms with van der Waals surface area (Å²) in [5.74, 6) is 1.56. The van der Waals surface area contributed by atoms with Crippen LogP contribution in [0.3, 0.4) is 0 Å². The Morgan fingerprint density at radius 2 is 2.11 bits per heavy atom. The number of methoxy groups -OCH3 is 1. The fraction of sp³-hybridized carbons (Fsp3) is 0.143. The molecule has 90 valence electrons. The van der Waals surface area contributed by atoms with E-state index in [1.807, 2.05) is 31.2 Å². The lowest BCUT2D eigenvalue weighted by Gasteiger charge is -2.09. The number of rotatable bonds is 3. The van der Waals surface area contributed by atoms with E-state index in [1.54, 1.807) is 25.4 Å². The Hall–Kier alpha value is -2.54. The van der Waals surface area contributed by atoms with Crippen molar-refractivity contribution >= 4 is 11.5 Å². The van der Waals surface area contributed by atoms with Crippen molar-refractivity contribution < 1.29 is 4.74 Å². The molecule has 0 aliphatic heterocycles. The quantitative estimate of drug-likeness (QED) is 0.894. The Morgan fingerprint density at radius 3 is 2.67 bits per heavy atom. The highest BCUT2D eigenvalue weighted by atomic mass is 16.5. The summed E-state index contributed by atoms with van der Waals surface area (Å²) < 4.78 is 5.20. The van der Waals surface area contributed by atoms with Crippen LogP contribution in [0.2, 0.25) is 0 Å². The molecule has 0 amide bonds. The summed E-state index contributed by atoms with van der Waals surface area (Å²) in [7, 11) is 1.65. The normalized spacial score (nSPS) is 9.61. The standard InChI is InChI=1S/C14H13N3O/c1-10-7-12(4-5-13(10)18-2)17-14-6-3-11(8-15)9-16-14/h3-7,9H,1-2H3,(H,16,17). The number of hydrogen-bond acceptors (Lipinski definition) is 4. The van der Waals surface area contributed by atoms with Crippen molar-refractivity contribution in [2.24, 2.45) is 0 Å². The minimum atomic E-state index is 0.548. The first kappa shape index (κ1) is 11.9. The molecule has 0 atom stereocenters. The van der Waals surface area contributed by atoms with Gasteiger partial charge < -0.3 is 10.1 Å². The molecule has 18 heavy (non-hydrogen) atoms. The molecule has 0 bridgehead atoms. The van der Waals surface area contributed by atoms with Gasteiger partial charge in [0, 0.05) is 11.9 Å². The van der Waals surface area contributed by atoms with Crippen LogP contribution in [0.15, 0.2) is 36.5 Å². The highest BCUT2D eigenvalue weighted by molar-refractivity contribution is 5.59. The van der Waals surface area contributed by atoms with Gasteiger partial charge in [-0.1, -0.05) is 0 Å². The first-order valence-electron chi connectivity index (χ1n) is 5.51. The zero-order chi connectivity index (χ0) is 13.0. The maximum atomic E-state index is 8.69. The molecule has 1 aromatic carbocycles. The molecule has 0 spiro atoms. The lowest BCUT2D eigenvalue weighted by Crippen LogP contribution is -1.95. The molecule has 2 aromatic rings. The number of nitrogens with one attached hydrogen (secondary N) is 1. The molecular weight excluding hydrogens is 226 g/mol. The molecule has 2 rings (SSSR count).